The molecule has 1 aliphatic heterocycles. The van der Waals surface area contributed by atoms with Gasteiger partial charge in [0.2, 0.25) is 5.91 Å². The van der Waals surface area contributed by atoms with Gasteiger partial charge in [0.1, 0.15) is 11.6 Å². The van der Waals surface area contributed by atoms with Gasteiger partial charge in [-0.3, -0.25) is 4.79 Å². The quantitative estimate of drug-likeness (QED) is 0.743. The fourth-order valence-electron chi connectivity index (χ4n) is 3.95. The Hall–Kier alpha value is -2.93. The molecule has 1 aliphatic rings. The summed E-state index contributed by atoms with van der Waals surface area (Å²) in [5.74, 6) is -1.12. The van der Waals surface area contributed by atoms with E-state index < -0.39 is 24.2 Å². The van der Waals surface area contributed by atoms with Gasteiger partial charge in [-0.15, -0.1) is 0 Å². The molecule has 0 bridgehead atoms. The van der Waals surface area contributed by atoms with Crippen LogP contribution >= 0.6 is 0 Å². The third kappa shape index (κ3) is 5.36. The number of aliphatic carboxylic acids is 1. The maximum atomic E-state index is 13.4. The van der Waals surface area contributed by atoms with Crippen molar-refractivity contribution in [2.45, 2.75) is 51.4 Å². The molecule has 1 fully saturated rings. The fraction of sp³-hybridized carbons (Fsp3) is 0.391. The molecular weight excluding hydrogens is 389 g/mol. The lowest BCUT2D eigenvalue weighted by Gasteiger charge is -2.43. The lowest BCUT2D eigenvalue weighted by atomic mass is 9.81. The first-order valence-corrected chi connectivity index (χ1v) is 9.80. The van der Waals surface area contributed by atoms with Crippen molar-refractivity contribution in [2.75, 3.05) is 6.61 Å². The molecule has 2 aromatic rings. The third-order valence-corrected chi connectivity index (χ3v) is 5.19. The number of hydrogen-bond acceptors (Lipinski definition) is 4. The van der Waals surface area contributed by atoms with Gasteiger partial charge in [0, 0.05) is 30.9 Å². The Morgan fingerprint density at radius 2 is 1.87 bits per heavy atom. The van der Waals surface area contributed by atoms with E-state index in [4.69, 9.17) is 14.6 Å². The van der Waals surface area contributed by atoms with Crippen LogP contribution in [0.1, 0.15) is 55.6 Å². The molecule has 3 rings (SSSR count). The molecule has 3 atom stereocenters. The van der Waals surface area contributed by atoms with E-state index >= 15 is 0 Å². The summed E-state index contributed by atoms with van der Waals surface area (Å²) in [7, 11) is 0. The molecule has 0 unspecified atom stereocenters. The molecular formula is C23H26FNO5. The van der Waals surface area contributed by atoms with Gasteiger partial charge in [0.25, 0.3) is 0 Å². The van der Waals surface area contributed by atoms with Crippen molar-refractivity contribution < 1.29 is 28.6 Å². The lowest BCUT2D eigenvalue weighted by molar-refractivity contribution is -0.139. The number of ether oxygens (including phenoxy) is 2. The van der Waals surface area contributed by atoms with Crippen LogP contribution in [-0.4, -0.2) is 29.1 Å². The maximum Gasteiger partial charge on any atom is 0.341 e. The van der Waals surface area contributed by atoms with Gasteiger partial charge >= 0.3 is 5.97 Å². The van der Waals surface area contributed by atoms with Crippen LogP contribution in [0.2, 0.25) is 0 Å². The predicted octanol–water partition coefficient (Wildman–Crippen LogP) is 4.09. The van der Waals surface area contributed by atoms with Gasteiger partial charge in [0.15, 0.2) is 6.61 Å². The first-order valence-electron chi connectivity index (χ1n) is 9.80. The normalized spacial score (nSPS) is 23.6. The van der Waals surface area contributed by atoms with E-state index in [1.165, 1.54) is 19.1 Å². The van der Waals surface area contributed by atoms with Crippen LogP contribution in [0.25, 0.3) is 0 Å². The minimum atomic E-state index is -1.07. The highest BCUT2D eigenvalue weighted by Gasteiger charge is 2.40. The molecule has 1 saturated heterocycles. The smallest absolute Gasteiger partial charge is 0.341 e. The van der Waals surface area contributed by atoms with Crippen molar-refractivity contribution in [1.82, 2.24) is 5.32 Å². The van der Waals surface area contributed by atoms with Crippen LogP contribution in [0.4, 0.5) is 4.39 Å². The van der Waals surface area contributed by atoms with Crippen molar-refractivity contribution in [1.29, 1.82) is 0 Å². The Morgan fingerprint density at radius 1 is 1.20 bits per heavy atom. The molecule has 2 N–H and O–H groups in total. The Balaban J connectivity index is 1.97. The molecule has 0 aliphatic carbocycles. The van der Waals surface area contributed by atoms with E-state index in [0.29, 0.717) is 24.2 Å². The van der Waals surface area contributed by atoms with E-state index in [9.17, 15) is 14.0 Å². The second kappa shape index (κ2) is 8.83. The van der Waals surface area contributed by atoms with Gasteiger partial charge in [0.05, 0.1) is 12.2 Å². The van der Waals surface area contributed by atoms with Gasteiger partial charge < -0.3 is 19.9 Å². The molecule has 0 radical (unpaired) electrons. The SMILES string of the molecule is CC(=O)N[C@@]1(C)C[C@@H](c2ccc(F)cc2)O[C@@H](c2ccc(C)cc2OCC(=O)O)C1. The monoisotopic (exact) mass is 415 g/mol. The zero-order valence-corrected chi connectivity index (χ0v) is 17.3. The van der Waals surface area contributed by atoms with E-state index in [1.54, 1.807) is 18.2 Å². The minimum absolute atomic E-state index is 0.151. The zero-order chi connectivity index (χ0) is 21.9. The summed E-state index contributed by atoms with van der Waals surface area (Å²) in [4.78, 5) is 22.8. The molecule has 6 nitrogen and oxygen atoms in total. The number of nitrogens with one attached hydrogen (secondary N) is 1. The average molecular weight is 415 g/mol. The van der Waals surface area contributed by atoms with E-state index in [0.717, 1.165) is 11.1 Å². The number of carbonyl (C=O) groups is 2. The maximum absolute atomic E-state index is 13.4. The molecule has 1 heterocycles. The van der Waals surface area contributed by atoms with E-state index in [1.807, 2.05) is 26.0 Å². The summed E-state index contributed by atoms with van der Waals surface area (Å²) in [6.45, 7) is 4.84. The minimum Gasteiger partial charge on any atom is -0.482 e. The standard InChI is InChI=1S/C23H26FNO5/c1-14-4-9-18(19(10-14)29-13-22(27)28)21-12-23(3,25-15(2)26)11-20(30-21)16-5-7-17(24)8-6-16/h4-10,20-21H,11-13H2,1-3H3,(H,25,26)(H,27,28)/t20-,21+,23-/m0/s1. The first-order chi connectivity index (χ1) is 14.1. The van der Waals surface area contributed by atoms with Crippen LogP contribution in [0.15, 0.2) is 42.5 Å². The Morgan fingerprint density at radius 3 is 2.50 bits per heavy atom. The molecule has 2 aromatic carbocycles. The highest BCUT2D eigenvalue weighted by atomic mass is 19.1. The van der Waals surface area contributed by atoms with Crippen LogP contribution in [-0.2, 0) is 14.3 Å². The Labute approximate surface area is 175 Å². The van der Waals surface area contributed by atoms with Gasteiger partial charge in [-0.1, -0.05) is 24.3 Å². The number of hydrogen-bond donors (Lipinski definition) is 2. The van der Waals surface area contributed by atoms with Crippen LogP contribution < -0.4 is 10.1 Å². The lowest BCUT2D eigenvalue weighted by Crippen LogP contribution is -2.50. The highest BCUT2D eigenvalue weighted by Crippen LogP contribution is 2.45. The van der Waals surface area contributed by atoms with E-state index in [-0.39, 0.29) is 17.8 Å². The predicted molar refractivity (Wildman–Crippen MR) is 109 cm³/mol. The Bertz CT molecular complexity index is 930. The van der Waals surface area contributed by atoms with Crippen LogP contribution in [0.3, 0.4) is 0 Å². The summed E-state index contributed by atoms with van der Waals surface area (Å²) in [6, 6.07) is 11.7. The average Bonchev–Trinajstić information content (AvgIpc) is 2.65. The van der Waals surface area contributed by atoms with Gasteiger partial charge in [-0.2, -0.15) is 0 Å². The van der Waals surface area contributed by atoms with Crippen LogP contribution in [0, 0.1) is 12.7 Å². The van der Waals surface area contributed by atoms with Crippen molar-refractivity contribution in [3.63, 3.8) is 0 Å². The highest BCUT2D eigenvalue weighted by molar-refractivity contribution is 5.73. The molecule has 7 heteroatoms. The fourth-order valence-corrected chi connectivity index (χ4v) is 3.95. The molecule has 0 aromatic heterocycles. The second-order valence-corrected chi connectivity index (χ2v) is 8.04. The summed E-state index contributed by atoms with van der Waals surface area (Å²) in [5, 5.41) is 12.0. The van der Waals surface area contributed by atoms with Crippen molar-refractivity contribution in [3.8, 4) is 5.75 Å². The molecule has 0 saturated carbocycles. The summed E-state index contributed by atoms with van der Waals surface area (Å²) < 4.78 is 25.3. The third-order valence-electron chi connectivity index (χ3n) is 5.19. The largest absolute Gasteiger partial charge is 0.482 e. The molecule has 160 valence electrons. The summed E-state index contributed by atoms with van der Waals surface area (Å²) in [6.07, 6.45) is 0.174. The number of rotatable bonds is 6. The van der Waals surface area contributed by atoms with Crippen molar-refractivity contribution >= 4 is 11.9 Å². The topological polar surface area (TPSA) is 84.9 Å². The molecule has 30 heavy (non-hydrogen) atoms. The van der Waals surface area contributed by atoms with Gasteiger partial charge in [-0.25, -0.2) is 9.18 Å². The zero-order valence-electron chi connectivity index (χ0n) is 17.3. The summed E-state index contributed by atoms with van der Waals surface area (Å²) in [5.41, 5.74) is 1.88. The van der Waals surface area contributed by atoms with Crippen LogP contribution in [0.5, 0.6) is 5.75 Å². The van der Waals surface area contributed by atoms with E-state index in [2.05, 4.69) is 5.32 Å². The Kier molecular flexibility index (Phi) is 6.41. The van der Waals surface area contributed by atoms with Crippen molar-refractivity contribution in [2.24, 2.45) is 0 Å². The number of carboxylic acids is 1. The second-order valence-electron chi connectivity index (χ2n) is 8.04. The van der Waals surface area contributed by atoms with Gasteiger partial charge in [-0.05, 0) is 43.2 Å². The number of carbonyl (C=O) groups excluding carboxylic acids is 1. The number of carboxylic acid groups (broad SMARTS) is 1. The molecule has 0 spiro atoms. The first kappa shape index (κ1) is 21.8. The number of benzene rings is 2. The number of aryl methyl sites for hydroxylation is 1. The number of amides is 1. The number of halogens is 1. The van der Waals surface area contributed by atoms with Crippen molar-refractivity contribution in [3.05, 3.63) is 65.0 Å². The molecule has 1 amide bonds. The summed E-state index contributed by atoms with van der Waals surface area (Å²) >= 11 is 0.